The van der Waals surface area contributed by atoms with E-state index in [4.69, 9.17) is 5.84 Å². The molecule has 0 amide bonds. The highest BCUT2D eigenvalue weighted by Gasteiger charge is 2.27. The van der Waals surface area contributed by atoms with Gasteiger partial charge in [0.2, 0.25) is 0 Å². The number of nitrogens with two attached hydrogens (primary N) is 1. The highest BCUT2D eigenvalue weighted by molar-refractivity contribution is 4.98. The van der Waals surface area contributed by atoms with E-state index in [0.717, 1.165) is 11.7 Å². The zero-order valence-corrected chi connectivity index (χ0v) is 9.24. The van der Waals surface area contributed by atoms with Gasteiger partial charge < -0.3 is 4.98 Å². The number of nitrogens with zero attached hydrogens (tertiary/aromatic N) is 1. The molecule has 1 fully saturated rings. The predicted molar refractivity (Wildman–Crippen MR) is 59.8 cm³/mol. The Morgan fingerprint density at radius 2 is 2.20 bits per heavy atom. The monoisotopic (exact) mass is 208 g/mol. The average molecular weight is 208 g/mol. The second-order valence-electron chi connectivity index (χ2n) is 4.64. The molecule has 0 saturated heterocycles. The summed E-state index contributed by atoms with van der Waals surface area (Å²) >= 11 is 0. The smallest absolute Gasteiger partial charge is 0.124 e. The summed E-state index contributed by atoms with van der Waals surface area (Å²) in [6.07, 6.45) is 8.75. The molecule has 1 aromatic heterocycles. The lowest BCUT2D eigenvalue weighted by Crippen LogP contribution is -2.35. The first-order valence-electron chi connectivity index (χ1n) is 5.76. The van der Waals surface area contributed by atoms with Crippen LogP contribution in [-0.2, 0) is 0 Å². The molecule has 1 aliphatic carbocycles. The number of aromatic amines is 1. The van der Waals surface area contributed by atoms with E-state index in [1.807, 2.05) is 6.20 Å². The van der Waals surface area contributed by atoms with Crippen molar-refractivity contribution in [1.82, 2.24) is 15.4 Å². The highest BCUT2D eigenvalue weighted by Crippen LogP contribution is 2.35. The van der Waals surface area contributed by atoms with Crippen LogP contribution in [0, 0.1) is 11.8 Å². The first kappa shape index (κ1) is 10.6. The van der Waals surface area contributed by atoms with Crippen LogP contribution in [0.25, 0.3) is 0 Å². The lowest BCUT2D eigenvalue weighted by atomic mass is 9.79. The number of nitrogens with one attached hydrogen (secondary N) is 2. The van der Waals surface area contributed by atoms with Crippen molar-refractivity contribution in [3.63, 3.8) is 0 Å². The van der Waals surface area contributed by atoms with Crippen molar-refractivity contribution in [1.29, 1.82) is 0 Å². The Balaban J connectivity index is 2.01. The second kappa shape index (κ2) is 4.77. The molecule has 1 saturated carbocycles. The zero-order valence-electron chi connectivity index (χ0n) is 9.24. The van der Waals surface area contributed by atoms with E-state index < -0.39 is 0 Å². The van der Waals surface area contributed by atoms with Crippen molar-refractivity contribution in [3.05, 3.63) is 18.2 Å². The van der Waals surface area contributed by atoms with E-state index in [2.05, 4.69) is 22.3 Å². The third kappa shape index (κ3) is 2.38. The van der Waals surface area contributed by atoms with Gasteiger partial charge in [-0.1, -0.05) is 19.8 Å². The van der Waals surface area contributed by atoms with E-state index in [1.165, 1.54) is 25.7 Å². The number of aromatic nitrogens is 2. The van der Waals surface area contributed by atoms with Gasteiger partial charge in [0, 0.05) is 12.4 Å². The van der Waals surface area contributed by atoms with Gasteiger partial charge in [-0.15, -0.1) is 0 Å². The van der Waals surface area contributed by atoms with Crippen molar-refractivity contribution in [2.75, 3.05) is 0 Å². The van der Waals surface area contributed by atoms with E-state index in [-0.39, 0.29) is 6.04 Å². The van der Waals surface area contributed by atoms with Gasteiger partial charge in [0.1, 0.15) is 5.82 Å². The predicted octanol–water partition coefficient (Wildman–Crippen LogP) is 1.74. The quantitative estimate of drug-likeness (QED) is 0.523. The molecule has 0 bridgehead atoms. The maximum absolute atomic E-state index is 5.62. The van der Waals surface area contributed by atoms with Crippen molar-refractivity contribution in [2.24, 2.45) is 17.7 Å². The molecule has 4 nitrogen and oxygen atoms in total. The van der Waals surface area contributed by atoms with Crippen LogP contribution in [0.5, 0.6) is 0 Å². The van der Waals surface area contributed by atoms with Crippen LogP contribution in [0.2, 0.25) is 0 Å². The van der Waals surface area contributed by atoms with Crippen molar-refractivity contribution in [2.45, 2.75) is 38.6 Å². The number of hydrogen-bond acceptors (Lipinski definition) is 3. The molecule has 4 N–H and O–H groups in total. The Labute approximate surface area is 90.6 Å². The second-order valence-corrected chi connectivity index (χ2v) is 4.64. The molecule has 2 rings (SSSR count). The van der Waals surface area contributed by atoms with Gasteiger partial charge >= 0.3 is 0 Å². The van der Waals surface area contributed by atoms with Crippen molar-refractivity contribution < 1.29 is 0 Å². The van der Waals surface area contributed by atoms with Gasteiger partial charge in [-0.3, -0.25) is 5.84 Å². The summed E-state index contributed by atoms with van der Waals surface area (Å²) in [5.41, 5.74) is 2.90. The Hall–Kier alpha value is -0.870. The Morgan fingerprint density at radius 1 is 1.47 bits per heavy atom. The molecule has 1 aromatic rings. The molecule has 0 aliphatic heterocycles. The molecule has 0 aromatic carbocycles. The molecule has 0 radical (unpaired) electrons. The fourth-order valence-electron chi connectivity index (χ4n) is 2.51. The Kier molecular flexibility index (Phi) is 3.38. The van der Waals surface area contributed by atoms with Crippen LogP contribution in [-0.4, -0.2) is 9.97 Å². The van der Waals surface area contributed by atoms with Gasteiger partial charge in [0.15, 0.2) is 0 Å². The van der Waals surface area contributed by atoms with Gasteiger partial charge in [-0.2, -0.15) is 0 Å². The number of hydrogen-bond donors (Lipinski definition) is 3. The third-order valence-corrected chi connectivity index (χ3v) is 3.53. The Morgan fingerprint density at radius 3 is 2.73 bits per heavy atom. The van der Waals surface area contributed by atoms with E-state index in [9.17, 15) is 0 Å². The maximum atomic E-state index is 5.62. The van der Waals surface area contributed by atoms with E-state index >= 15 is 0 Å². The number of hydrazine groups is 1. The Bertz CT molecular complexity index is 275. The summed E-state index contributed by atoms with van der Waals surface area (Å²) in [6, 6.07) is 0.187. The van der Waals surface area contributed by atoms with Crippen LogP contribution in [0.1, 0.15) is 44.5 Å². The molecular formula is C11H20N4. The van der Waals surface area contributed by atoms with Gasteiger partial charge in [0.05, 0.1) is 6.04 Å². The minimum Gasteiger partial charge on any atom is -0.347 e. The first-order chi connectivity index (χ1) is 7.31. The fraction of sp³-hybridized carbons (Fsp3) is 0.727. The summed E-state index contributed by atoms with van der Waals surface area (Å²) in [6.45, 7) is 2.33. The van der Waals surface area contributed by atoms with E-state index in [0.29, 0.717) is 5.92 Å². The van der Waals surface area contributed by atoms with Crippen molar-refractivity contribution in [3.8, 4) is 0 Å². The van der Waals surface area contributed by atoms with Crippen LogP contribution >= 0.6 is 0 Å². The molecule has 1 unspecified atom stereocenters. The number of H-pyrrole nitrogens is 1. The number of rotatable bonds is 3. The van der Waals surface area contributed by atoms with Crippen LogP contribution < -0.4 is 11.3 Å². The molecule has 15 heavy (non-hydrogen) atoms. The average Bonchev–Trinajstić information content (AvgIpc) is 2.75. The lowest BCUT2D eigenvalue weighted by molar-refractivity contribution is 0.227. The molecule has 84 valence electrons. The SMILES string of the molecule is CC1CCC(C(NN)c2ncc[nH]2)CC1. The minimum absolute atomic E-state index is 0.187. The summed E-state index contributed by atoms with van der Waals surface area (Å²) < 4.78 is 0. The van der Waals surface area contributed by atoms with Crippen LogP contribution in [0.15, 0.2) is 12.4 Å². The topological polar surface area (TPSA) is 66.7 Å². The summed E-state index contributed by atoms with van der Waals surface area (Å²) in [5, 5.41) is 0. The summed E-state index contributed by atoms with van der Waals surface area (Å²) in [7, 11) is 0. The van der Waals surface area contributed by atoms with Crippen LogP contribution in [0.4, 0.5) is 0 Å². The molecule has 1 heterocycles. The highest BCUT2D eigenvalue weighted by atomic mass is 15.3. The normalized spacial score (nSPS) is 28.9. The van der Waals surface area contributed by atoms with Crippen molar-refractivity contribution >= 4 is 0 Å². The van der Waals surface area contributed by atoms with Gasteiger partial charge in [-0.25, -0.2) is 10.4 Å². The largest absolute Gasteiger partial charge is 0.347 e. The molecular weight excluding hydrogens is 188 g/mol. The standard InChI is InChI=1S/C11H20N4/c1-8-2-4-9(5-3-8)10(15-12)11-13-6-7-14-11/h6-10,15H,2-5,12H2,1H3,(H,13,14). The molecule has 0 spiro atoms. The van der Waals surface area contributed by atoms with Gasteiger partial charge in [0.25, 0.3) is 0 Å². The molecule has 1 atom stereocenters. The maximum Gasteiger partial charge on any atom is 0.124 e. The zero-order chi connectivity index (χ0) is 10.7. The first-order valence-corrected chi connectivity index (χ1v) is 5.76. The van der Waals surface area contributed by atoms with Crippen LogP contribution in [0.3, 0.4) is 0 Å². The summed E-state index contributed by atoms with van der Waals surface area (Å²) in [4.78, 5) is 7.43. The summed E-state index contributed by atoms with van der Waals surface area (Å²) in [5.74, 6) is 8.08. The van der Waals surface area contributed by atoms with Gasteiger partial charge in [-0.05, 0) is 24.7 Å². The van der Waals surface area contributed by atoms with E-state index in [1.54, 1.807) is 6.20 Å². The third-order valence-electron chi connectivity index (χ3n) is 3.53. The lowest BCUT2D eigenvalue weighted by Gasteiger charge is -2.31. The minimum atomic E-state index is 0.187. The molecule has 4 heteroatoms. The number of imidazole rings is 1. The fourth-order valence-corrected chi connectivity index (χ4v) is 2.51. The molecule has 1 aliphatic rings.